The van der Waals surface area contributed by atoms with Crippen molar-refractivity contribution in [3.63, 3.8) is 0 Å². The smallest absolute Gasteiger partial charge is 0.261 e. The summed E-state index contributed by atoms with van der Waals surface area (Å²) in [6, 6.07) is 6.29. The SMILES string of the molecule is Cc1ccc(CC(CCOCC(F)F)NN)cc1C. The number of nitrogens with two attached hydrogens (primary N) is 1. The molecule has 1 unspecified atom stereocenters. The van der Waals surface area contributed by atoms with Gasteiger partial charge in [-0.3, -0.25) is 11.3 Å². The van der Waals surface area contributed by atoms with Crippen molar-refractivity contribution in [2.45, 2.75) is 39.2 Å². The van der Waals surface area contributed by atoms with E-state index >= 15 is 0 Å². The van der Waals surface area contributed by atoms with Crippen molar-refractivity contribution < 1.29 is 13.5 Å². The van der Waals surface area contributed by atoms with Gasteiger partial charge in [-0.15, -0.1) is 0 Å². The molecule has 1 rings (SSSR count). The van der Waals surface area contributed by atoms with E-state index in [0.717, 1.165) is 6.42 Å². The molecule has 0 heterocycles. The van der Waals surface area contributed by atoms with E-state index in [0.29, 0.717) is 6.42 Å². The molecule has 0 aliphatic rings. The standard InChI is InChI=1S/C14H22F2N2O/c1-10-3-4-12(7-11(10)2)8-13(18-17)5-6-19-9-14(15)16/h3-4,7,13-14,18H,5-6,8-9,17H2,1-2H3. The van der Waals surface area contributed by atoms with E-state index in [1.54, 1.807) is 0 Å². The summed E-state index contributed by atoms with van der Waals surface area (Å²) in [7, 11) is 0. The fourth-order valence-electron chi connectivity index (χ4n) is 1.86. The Kier molecular flexibility index (Phi) is 6.91. The lowest BCUT2D eigenvalue weighted by atomic mass is 10.00. The summed E-state index contributed by atoms with van der Waals surface area (Å²) in [5.74, 6) is 5.48. The van der Waals surface area contributed by atoms with Crippen LogP contribution in [0.3, 0.4) is 0 Å². The molecular weight excluding hydrogens is 250 g/mol. The molecule has 3 N–H and O–H groups in total. The molecule has 0 bridgehead atoms. The molecule has 1 aromatic carbocycles. The molecular formula is C14H22F2N2O. The van der Waals surface area contributed by atoms with Crippen LogP contribution in [0.2, 0.25) is 0 Å². The van der Waals surface area contributed by atoms with Crippen LogP contribution in [0.5, 0.6) is 0 Å². The second kappa shape index (κ2) is 8.19. The molecule has 5 heteroatoms. The largest absolute Gasteiger partial charge is 0.375 e. The third kappa shape index (κ3) is 6.09. The summed E-state index contributed by atoms with van der Waals surface area (Å²) in [6.45, 7) is 3.90. The van der Waals surface area contributed by atoms with Crippen LogP contribution in [0.25, 0.3) is 0 Å². The lowest BCUT2D eigenvalue weighted by molar-refractivity contribution is 0.0144. The van der Waals surface area contributed by atoms with Gasteiger partial charge in [-0.2, -0.15) is 0 Å². The molecule has 0 aromatic heterocycles. The summed E-state index contributed by atoms with van der Waals surface area (Å²) in [5, 5.41) is 0. The van der Waals surface area contributed by atoms with Crippen LogP contribution < -0.4 is 11.3 Å². The second-order valence-corrected chi connectivity index (χ2v) is 4.74. The van der Waals surface area contributed by atoms with Crippen molar-refractivity contribution in [3.8, 4) is 0 Å². The number of ether oxygens (including phenoxy) is 1. The Bertz CT molecular complexity index is 386. The molecule has 19 heavy (non-hydrogen) atoms. The van der Waals surface area contributed by atoms with Gasteiger partial charge < -0.3 is 4.74 Å². The Balaban J connectivity index is 2.40. The molecule has 0 amide bonds. The molecule has 108 valence electrons. The number of hydrogen-bond acceptors (Lipinski definition) is 3. The summed E-state index contributed by atoms with van der Waals surface area (Å²) < 4.78 is 28.7. The first kappa shape index (κ1) is 16.0. The number of halogens is 2. The van der Waals surface area contributed by atoms with E-state index in [1.807, 2.05) is 0 Å². The molecule has 0 fully saturated rings. The van der Waals surface area contributed by atoms with Crippen molar-refractivity contribution in [3.05, 3.63) is 34.9 Å². The number of rotatable bonds is 8. The van der Waals surface area contributed by atoms with Crippen molar-refractivity contribution >= 4 is 0 Å². The molecule has 1 aromatic rings. The Morgan fingerprint density at radius 1 is 1.26 bits per heavy atom. The first-order valence-electron chi connectivity index (χ1n) is 6.41. The van der Waals surface area contributed by atoms with Crippen molar-refractivity contribution in [2.24, 2.45) is 5.84 Å². The maximum atomic E-state index is 11.9. The lowest BCUT2D eigenvalue weighted by Crippen LogP contribution is -2.37. The van der Waals surface area contributed by atoms with Gasteiger partial charge in [0.2, 0.25) is 0 Å². The minimum absolute atomic E-state index is 0.0276. The van der Waals surface area contributed by atoms with Crippen molar-refractivity contribution in [2.75, 3.05) is 13.2 Å². The molecule has 0 spiro atoms. The zero-order chi connectivity index (χ0) is 14.3. The molecule has 0 aliphatic heterocycles. The fourth-order valence-corrected chi connectivity index (χ4v) is 1.86. The van der Waals surface area contributed by atoms with Gasteiger partial charge in [0.25, 0.3) is 6.43 Å². The minimum atomic E-state index is -2.41. The minimum Gasteiger partial charge on any atom is -0.375 e. The topological polar surface area (TPSA) is 47.3 Å². The monoisotopic (exact) mass is 272 g/mol. The molecule has 0 aliphatic carbocycles. The highest BCUT2D eigenvalue weighted by Crippen LogP contribution is 2.12. The van der Waals surface area contributed by atoms with Crippen LogP contribution in [0, 0.1) is 13.8 Å². The highest BCUT2D eigenvalue weighted by Gasteiger charge is 2.09. The van der Waals surface area contributed by atoms with Gasteiger partial charge in [0.15, 0.2) is 0 Å². The van der Waals surface area contributed by atoms with Gasteiger partial charge >= 0.3 is 0 Å². The van der Waals surface area contributed by atoms with E-state index in [2.05, 4.69) is 37.5 Å². The van der Waals surface area contributed by atoms with Crippen LogP contribution in [-0.4, -0.2) is 25.7 Å². The second-order valence-electron chi connectivity index (χ2n) is 4.74. The summed E-state index contributed by atoms with van der Waals surface area (Å²) >= 11 is 0. The lowest BCUT2D eigenvalue weighted by Gasteiger charge is -2.16. The highest BCUT2D eigenvalue weighted by atomic mass is 19.3. The van der Waals surface area contributed by atoms with Crippen molar-refractivity contribution in [1.29, 1.82) is 0 Å². The van der Waals surface area contributed by atoms with Gasteiger partial charge in [0, 0.05) is 12.6 Å². The van der Waals surface area contributed by atoms with Gasteiger partial charge in [0.1, 0.15) is 6.61 Å². The average Bonchev–Trinajstić information content (AvgIpc) is 2.37. The van der Waals surface area contributed by atoms with Crippen molar-refractivity contribution in [1.82, 2.24) is 5.43 Å². The van der Waals surface area contributed by atoms with E-state index in [1.165, 1.54) is 16.7 Å². The Morgan fingerprint density at radius 3 is 2.58 bits per heavy atom. The van der Waals surface area contributed by atoms with E-state index in [-0.39, 0.29) is 12.6 Å². The first-order chi connectivity index (χ1) is 9.02. The number of benzene rings is 1. The predicted molar refractivity (Wildman–Crippen MR) is 72.2 cm³/mol. The number of aryl methyl sites for hydroxylation is 2. The number of nitrogens with one attached hydrogen (secondary N) is 1. The molecule has 3 nitrogen and oxygen atoms in total. The average molecular weight is 272 g/mol. The van der Waals surface area contributed by atoms with Gasteiger partial charge in [-0.25, -0.2) is 8.78 Å². The molecule has 0 radical (unpaired) electrons. The molecule has 0 saturated heterocycles. The third-order valence-corrected chi connectivity index (χ3v) is 3.14. The van der Waals surface area contributed by atoms with E-state index < -0.39 is 13.0 Å². The Morgan fingerprint density at radius 2 is 2.00 bits per heavy atom. The first-order valence-corrected chi connectivity index (χ1v) is 6.41. The zero-order valence-electron chi connectivity index (χ0n) is 11.5. The number of hydrogen-bond donors (Lipinski definition) is 2. The Labute approximate surface area is 113 Å². The van der Waals surface area contributed by atoms with E-state index in [9.17, 15) is 8.78 Å². The summed E-state index contributed by atoms with van der Waals surface area (Å²) in [5.41, 5.74) is 6.38. The quantitative estimate of drug-likeness (QED) is 0.434. The van der Waals surface area contributed by atoms with Crippen LogP contribution in [0.1, 0.15) is 23.1 Å². The van der Waals surface area contributed by atoms with Gasteiger partial charge in [-0.05, 0) is 43.4 Å². The fraction of sp³-hybridized carbons (Fsp3) is 0.571. The Hall–Kier alpha value is -1.04. The van der Waals surface area contributed by atoms with Crippen LogP contribution in [-0.2, 0) is 11.2 Å². The normalized spacial score (nSPS) is 12.9. The molecule has 1 atom stereocenters. The third-order valence-electron chi connectivity index (χ3n) is 3.14. The number of alkyl halides is 2. The predicted octanol–water partition coefficient (Wildman–Crippen LogP) is 2.35. The maximum Gasteiger partial charge on any atom is 0.261 e. The van der Waals surface area contributed by atoms with E-state index in [4.69, 9.17) is 10.6 Å². The highest BCUT2D eigenvalue weighted by molar-refractivity contribution is 5.30. The maximum absolute atomic E-state index is 11.9. The van der Waals surface area contributed by atoms with Crippen LogP contribution in [0.15, 0.2) is 18.2 Å². The number of hydrazine groups is 1. The van der Waals surface area contributed by atoms with Crippen LogP contribution >= 0.6 is 0 Å². The summed E-state index contributed by atoms with van der Waals surface area (Å²) in [4.78, 5) is 0. The van der Waals surface area contributed by atoms with Gasteiger partial charge in [-0.1, -0.05) is 18.2 Å². The van der Waals surface area contributed by atoms with Gasteiger partial charge in [0.05, 0.1) is 0 Å². The summed E-state index contributed by atoms with van der Waals surface area (Å²) in [6.07, 6.45) is -1.05. The zero-order valence-corrected chi connectivity index (χ0v) is 11.5. The van der Waals surface area contributed by atoms with Crippen LogP contribution in [0.4, 0.5) is 8.78 Å². The molecule has 0 saturated carbocycles.